The summed E-state index contributed by atoms with van der Waals surface area (Å²) in [6, 6.07) is 7.56. The first-order valence-corrected chi connectivity index (χ1v) is 5.56. The highest BCUT2D eigenvalue weighted by Crippen LogP contribution is 2.23. The van der Waals surface area contributed by atoms with E-state index in [1.807, 2.05) is 18.2 Å². The van der Waals surface area contributed by atoms with Crippen LogP contribution in [-0.2, 0) is 0 Å². The van der Waals surface area contributed by atoms with Crippen molar-refractivity contribution < 1.29 is 5.11 Å². The second-order valence-corrected chi connectivity index (χ2v) is 4.11. The van der Waals surface area contributed by atoms with Gasteiger partial charge in [-0.3, -0.25) is 0 Å². The van der Waals surface area contributed by atoms with Gasteiger partial charge in [0.05, 0.1) is 0 Å². The summed E-state index contributed by atoms with van der Waals surface area (Å²) in [5, 5.41) is 17.7. The molecule has 1 aromatic heterocycles. The topological polar surface area (TPSA) is 60.2 Å². The van der Waals surface area contributed by atoms with Crippen LogP contribution in [-0.4, -0.2) is 29.8 Å². The Morgan fingerprint density at radius 3 is 3.19 bits per heavy atom. The van der Waals surface area contributed by atoms with Crippen LogP contribution in [0.4, 0.5) is 5.82 Å². The molecular weight excluding hydrogens is 202 g/mol. The molecule has 1 aliphatic heterocycles. The van der Waals surface area contributed by atoms with Crippen LogP contribution >= 0.6 is 0 Å². The Bertz CT molecular complexity index is 399. The summed E-state index contributed by atoms with van der Waals surface area (Å²) >= 11 is 0. The molecule has 16 heavy (non-hydrogen) atoms. The number of aliphatic hydroxyl groups excluding tert-OH is 1. The average molecular weight is 217 g/mol. The molecule has 0 bridgehead atoms. The van der Waals surface area contributed by atoms with Gasteiger partial charge in [0.1, 0.15) is 17.6 Å². The Labute approximate surface area is 95.1 Å². The maximum absolute atomic E-state index is 8.89. The number of anilines is 1. The summed E-state index contributed by atoms with van der Waals surface area (Å²) < 4.78 is 0. The highest BCUT2D eigenvalue weighted by molar-refractivity contribution is 5.42. The number of nitrogens with zero attached hydrogens (tertiary/aromatic N) is 3. The fourth-order valence-electron chi connectivity index (χ4n) is 2.12. The number of hydrogen-bond acceptors (Lipinski definition) is 4. The molecule has 1 atom stereocenters. The lowest BCUT2D eigenvalue weighted by Crippen LogP contribution is -2.21. The van der Waals surface area contributed by atoms with Crippen molar-refractivity contribution in [1.29, 1.82) is 5.26 Å². The van der Waals surface area contributed by atoms with Crippen molar-refractivity contribution in [1.82, 2.24) is 4.98 Å². The summed E-state index contributed by atoms with van der Waals surface area (Å²) in [6.07, 6.45) is 1.95. The fraction of sp³-hybridized carbons (Fsp3) is 0.500. The molecule has 0 amide bonds. The van der Waals surface area contributed by atoms with Crippen molar-refractivity contribution in [2.45, 2.75) is 12.8 Å². The predicted octanol–water partition coefficient (Wildman–Crippen LogP) is 1.16. The molecule has 1 aliphatic rings. The first kappa shape index (κ1) is 10.9. The van der Waals surface area contributed by atoms with E-state index < -0.39 is 0 Å². The monoisotopic (exact) mass is 217 g/mol. The largest absolute Gasteiger partial charge is 0.396 e. The van der Waals surface area contributed by atoms with E-state index in [1.165, 1.54) is 0 Å². The van der Waals surface area contributed by atoms with E-state index in [1.54, 1.807) is 6.07 Å². The van der Waals surface area contributed by atoms with Crippen LogP contribution in [0.2, 0.25) is 0 Å². The van der Waals surface area contributed by atoms with Crippen LogP contribution < -0.4 is 4.90 Å². The van der Waals surface area contributed by atoms with Gasteiger partial charge in [-0.25, -0.2) is 4.98 Å². The molecule has 84 valence electrons. The summed E-state index contributed by atoms with van der Waals surface area (Å²) in [4.78, 5) is 6.45. The number of hydrogen-bond donors (Lipinski definition) is 1. The van der Waals surface area contributed by atoms with Crippen molar-refractivity contribution in [3.8, 4) is 6.07 Å². The van der Waals surface area contributed by atoms with Crippen molar-refractivity contribution >= 4 is 5.82 Å². The minimum Gasteiger partial charge on any atom is -0.396 e. The molecule has 0 saturated carbocycles. The van der Waals surface area contributed by atoms with Crippen LogP contribution in [0.3, 0.4) is 0 Å². The Morgan fingerprint density at radius 1 is 1.56 bits per heavy atom. The second-order valence-electron chi connectivity index (χ2n) is 4.11. The first-order chi connectivity index (χ1) is 7.83. The third-order valence-corrected chi connectivity index (χ3v) is 3.00. The summed E-state index contributed by atoms with van der Waals surface area (Å²) in [6.45, 7) is 2.15. The molecule has 0 aliphatic carbocycles. The number of aromatic nitrogens is 1. The van der Waals surface area contributed by atoms with E-state index in [4.69, 9.17) is 10.4 Å². The van der Waals surface area contributed by atoms with Crippen LogP contribution in [0.25, 0.3) is 0 Å². The maximum atomic E-state index is 8.89. The van der Waals surface area contributed by atoms with Gasteiger partial charge in [-0.1, -0.05) is 6.07 Å². The van der Waals surface area contributed by atoms with Gasteiger partial charge in [-0.05, 0) is 30.9 Å². The van der Waals surface area contributed by atoms with Gasteiger partial charge in [0, 0.05) is 19.7 Å². The third-order valence-electron chi connectivity index (χ3n) is 3.00. The van der Waals surface area contributed by atoms with E-state index in [-0.39, 0.29) is 6.61 Å². The normalized spacial score (nSPS) is 19.8. The van der Waals surface area contributed by atoms with E-state index in [2.05, 4.69) is 9.88 Å². The lowest BCUT2D eigenvalue weighted by molar-refractivity contribution is 0.263. The van der Waals surface area contributed by atoms with E-state index in [9.17, 15) is 0 Å². The van der Waals surface area contributed by atoms with Gasteiger partial charge in [0.2, 0.25) is 0 Å². The van der Waals surface area contributed by atoms with Gasteiger partial charge in [-0.2, -0.15) is 5.26 Å². The Kier molecular flexibility index (Phi) is 3.37. The SMILES string of the molecule is N#Cc1cccc(N2CCC(CCO)C2)n1. The zero-order valence-corrected chi connectivity index (χ0v) is 9.13. The number of pyridine rings is 1. The van der Waals surface area contributed by atoms with Gasteiger partial charge in [-0.15, -0.1) is 0 Å². The van der Waals surface area contributed by atoms with Gasteiger partial charge < -0.3 is 10.0 Å². The number of nitriles is 1. The Balaban J connectivity index is 2.06. The van der Waals surface area contributed by atoms with Crippen LogP contribution in [0.15, 0.2) is 18.2 Å². The predicted molar refractivity (Wildman–Crippen MR) is 61.0 cm³/mol. The summed E-state index contributed by atoms with van der Waals surface area (Å²) in [5.41, 5.74) is 0.461. The standard InChI is InChI=1S/C12H15N3O/c13-8-11-2-1-3-12(14-11)15-6-4-10(9-15)5-7-16/h1-3,10,16H,4-7,9H2. The van der Waals surface area contributed by atoms with Crippen molar-refractivity contribution in [2.24, 2.45) is 5.92 Å². The molecular formula is C12H15N3O. The smallest absolute Gasteiger partial charge is 0.142 e. The van der Waals surface area contributed by atoms with E-state index >= 15 is 0 Å². The summed E-state index contributed by atoms with van der Waals surface area (Å²) in [5.74, 6) is 1.43. The first-order valence-electron chi connectivity index (χ1n) is 5.56. The zero-order valence-electron chi connectivity index (χ0n) is 9.13. The van der Waals surface area contributed by atoms with Crippen molar-refractivity contribution in [3.63, 3.8) is 0 Å². The molecule has 2 rings (SSSR count). The van der Waals surface area contributed by atoms with Crippen molar-refractivity contribution in [2.75, 3.05) is 24.6 Å². The van der Waals surface area contributed by atoms with Crippen LogP contribution in [0.1, 0.15) is 18.5 Å². The Morgan fingerprint density at radius 2 is 2.44 bits per heavy atom. The quantitative estimate of drug-likeness (QED) is 0.825. The highest BCUT2D eigenvalue weighted by atomic mass is 16.3. The molecule has 4 nitrogen and oxygen atoms in total. The zero-order chi connectivity index (χ0) is 11.4. The second kappa shape index (κ2) is 4.95. The minimum absolute atomic E-state index is 0.254. The molecule has 1 saturated heterocycles. The van der Waals surface area contributed by atoms with Crippen LogP contribution in [0, 0.1) is 17.2 Å². The van der Waals surface area contributed by atoms with E-state index in [0.29, 0.717) is 11.6 Å². The maximum Gasteiger partial charge on any atom is 0.142 e. The van der Waals surface area contributed by atoms with E-state index in [0.717, 1.165) is 31.7 Å². The third kappa shape index (κ3) is 2.31. The number of rotatable bonds is 3. The average Bonchev–Trinajstić information content (AvgIpc) is 2.78. The van der Waals surface area contributed by atoms with Gasteiger partial charge in [0.25, 0.3) is 0 Å². The molecule has 2 heterocycles. The number of aliphatic hydroxyl groups is 1. The molecule has 4 heteroatoms. The van der Waals surface area contributed by atoms with Crippen LogP contribution in [0.5, 0.6) is 0 Å². The molecule has 0 radical (unpaired) electrons. The molecule has 1 fully saturated rings. The Hall–Kier alpha value is -1.60. The lowest BCUT2D eigenvalue weighted by Gasteiger charge is -2.17. The molecule has 0 spiro atoms. The highest BCUT2D eigenvalue weighted by Gasteiger charge is 2.22. The lowest BCUT2D eigenvalue weighted by atomic mass is 10.1. The minimum atomic E-state index is 0.254. The van der Waals surface area contributed by atoms with Gasteiger partial charge >= 0.3 is 0 Å². The molecule has 1 aromatic rings. The molecule has 1 unspecified atom stereocenters. The molecule has 1 N–H and O–H groups in total. The van der Waals surface area contributed by atoms with Crippen molar-refractivity contribution in [3.05, 3.63) is 23.9 Å². The fourth-order valence-corrected chi connectivity index (χ4v) is 2.12. The molecule has 0 aromatic carbocycles. The summed E-state index contributed by atoms with van der Waals surface area (Å²) in [7, 11) is 0. The van der Waals surface area contributed by atoms with Gasteiger partial charge in [0.15, 0.2) is 0 Å².